The van der Waals surface area contributed by atoms with E-state index in [1.807, 2.05) is 47.1 Å². The van der Waals surface area contributed by atoms with Crippen LogP contribution in [-0.4, -0.2) is 51.4 Å². The minimum Gasteiger partial charge on any atom is -0.343 e. The number of thiocarbonyl (C=S) groups is 1. The molecule has 1 atom stereocenters. The summed E-state index contributed by atoms with van der Waals surface area (Å²) >= 11 is 5.50. The summed E-state index contributed by atoms with van der Waals surface area (Å²) in [4.78, 5) is 26.8. The molecule has 1 saturated heterocycles. The number of hydrogen-bond donors (Lipinski definition) is 1. The van der Waals surface area contributed by atoms with Gasteiger partial charge in [0.2, 0.25) is 5.91 Å². The fourth-order valence-corrected chi connectivity index (χ4v) is 3.62. The van der Waals surface area contributed by atoms with Gasteiger partial charge in [-0.2, -0.15) is 0 Å². The molecule has 7 nitrogen and oxygen atoms in total. The lowest BCUT2D eigenvalue weighted by Crippen LogP contribution is -2.56. The van der Waals surface area contributed by atoms with Gasteiger partial charge in [0.1, 0.15) is 0 Å². The van der Waals surface area contributed by atoms with Crippen LogP contribution >= 0.6 is 12.2 Å². The zero-order chi connectivity index (χ0) is 20.1. The predicted molar refractivity (Wildman–Crippen MR) is 112 cm³/mol. The van der Waals surface area contributed by atoms with E-state index in [-0.39, 0.29) is 17.6 Å². The number of non-ortho nitro benzene ring substituents is 1. The van der Waals surface area contributed by atoms with Crippen LogP contribution in [0.5, 0.6) is 0 Å². The highest BCUT2D eigenvalue weighted by Crippen LogP contribution is 2.18. The molecule has 0 spiro atoms. The van der Waals surface area contributed by atoms with E-state index in [1.54, 1.807) is 12.1 Å². The second-order valence-electron chi connectivity index (χ2n) is 6.78. The predicted octanol–water partition coefficient (Wildman–Crippen LogP) is 3.07. The molecule has 8 heteroatoms. The van der Waals surface area contributed by atoms with Gasteiger partial charge in [-0.15, -0.1) is 0 Å². The Morgan fingerprint density at radius 3 is 2.46 bits per heavy atom. The van der Waals surface area contributed by atoms with Crippen molar-refractivity contribution in [2.75, 3.05) is 25.0 Å². The van der Waals surface area contributed by atoms with Crippen molar-refractivity contribution in [3.05, 3.63) is 70.3 Å². The lowest BCUT2D eigenvalue weighted by atomic mass is 10.1. The van der Waals surface area contributed by atoms with Crippen molar-refractivity contribution >= 4 is 34.6 Å². The maximum absolute atomic E-state index is 12.6. The summed E-state index contributed by atoms with van der Waals surface area (Å²) in [7, 11) is 0. The molecule has 0 aromatic heterocycles. The Morgan fingerprint density at radius 2 is 1.86 bits per heavy atom. The zero-order valence-electron chi connectivity index (χ0n) is 15.6. The average molecular weight is 398 g/mol. The third-order valence-corrected chi connectivity index (χ3v) is 5.11. The molecule has 1 heterocycles. The number of rotatable bonds is 4. The number of carbonyl (C=O) groups is 1. The largest absolute Gasteiger partial charge is 0.343 e. The van der Waals surface area contributed by atoms with Crippen molar-refractivity contribution in [3.63, 3.8) is 0 Å². The van der Waals surface area contributed by atoms with E-state index in [0.29, 0.717) is 36.9 Å². The monoisotopic (exact) mass is 398 g/mol. The molecule has 1 amide bonds. The number of piperazine rings is 1. The first-order valence-corrected chi connectivity index (χ1v) is 9.48. The first kappa shape index (κ1) is 19.8. The van der Waals surface area contributed by atoms with Gasteiger partial charge < -0.3 is 15.1 Å². The van der Waals surface area contributed by atoms with Gasteiger partial charge in [-0.3, -0.25) is 14.9 Å². The van der Waals surface area contributed by atoms with Crippen molar-refractivity contribution in [1.82, 2.24) is 9.80 Å². The van der Waals surface area contributed by atoms with E-state index >= 15 is 0 Å². The number of benzene rings is 2. The standard InChI is InChI=1S/C20H22N4O3S/c1-15-14-22(19(25)13-16-5-3-2-4-6-16)11-12-23(15)20(28)21-17-7-9-18(10-8-17)24(26)27/h2-10,15H,11-14H2,1H3,(H,21,28). The molecule has 0 aliphatic carbocycles. The molecule has 0 radical (unpaired) electrons. The molecule has 2 aromatic carbocycles. The normalized spacial score (nSPS) is 16.5. The van der Waals surface area contributed by atoms with E-state index < -0.39 is 4.92 Å². The molecule has 1 unspecified atom stereocenters. The average Bonchev–Trinajstić information content (AvgIpc) is 2.69. The minimum atomic E-state index is -0.435. The van der Waals surface area contributed by atoms with Gasteiger partial charge in [-0.1, -0.05) is 30.3 Å². The van der Waals surface area contributed by atoms with Crippen LogP contribution in [0.15, 0.2) is 54.6 Å². The quantitative estimate of drug-likeness (QED) is 0.484. The summed E-state index contributed by atoms with van der Waals surface area (Å²) in [5.74, 6) is 0.118. The lowest BCUT2D eigenvalue weighted by Gasteiger charge is -2.41. The highest BCUT2D eigenvalue weighted by Gasteiger charge is 2.28. The molecule has 1 fully saturated rings. The molecule has 1 aliphatic heterocycles. The first-order valence-electron chi connectivity index (χ1n) is 9.08. The SMILES string of the molecule is CC1CN(C(=O)Cc2ccccc2)CCN1C(=S)Nc1ccc([N+](=O)[O-])cc1. The maximum Gasteiger partial charge on any atom is 0.269 e. The molecule has 146 valence electrons. The van der Waals surface area contributed by atoms with Crippen molar-refractivity contribution in [3.8, 4) is 0 Å². The Kier molecular flexibility index (Phi) is 6.20. The lowest BCUT2D eigenvalue weighted by molar-refractivity contribution is -0.384. The highest BCUT2D eigenvalue weighted by molar-refractivity contribution is 7.80. The molecule has 0 bridgehead atoms. The molecule has 3 rings (SSSR count). The Balaban J connectivity index is 1.55. The zero-order valence-corrected chi connectivity index (χ0v) is 16.4. The van der Waals surface area contributed by atoms with E-state index in [2.05, 4.69) is 5.32 Å². The van der Waals surface area contributed by atoms with Crippen LogP contribution in [0.3, 0.4) is 0 Å². The Labute approximate surface area is 169 Å². The molecular formula is C20H22N4O3S. The van der Waals surface area contributed by atoms with Gasteiger partial charge in [-0.25, -0.2) is 0 Å². The topological polar surface area (TPSA) is 78.7 Å². The summed E-state index contributed by atoms with van der Waals surface area (Å²) in [6.45, 7) is 3.89. The van der Waals surface area contributed by atoms with E-state index in [1.165, 1.54) is 12.1 Å². The summed E-state index contributed by atoms with van der Waals surface area (Å²) in [5.41, 5.74) is 1.75. The summed E-state index contributed by atoms with van der Waals surface area (Å²) < 4.78 is 0. The third kappa shape index (κ3) is 4.83. The van der Waals surface area contributed by atoms with E-state index in [9.17, 15) is 14.9 Å². The van der Waals surface area contributed by atoms with Crippen molar-refractivity contribution < 1.29 is 9.72 Å². The van der Waals surface area contributed by atoms with Crippen molar-refractivity contribution in [2.24, 2.45) is 0 Å². The number of nitro groups is 1. The fraction of sp³-hybridized carbons (Fsp3) is 0.300. The third-order valence-electron chi connectivity index (χ3n) is 4.77. The number of hydrogen-bond acceptors (Lipinski definition) is 4. The van der Waals surface area contributed by atoms with Gasteiger partial charge >= 0.3 is 0 Å². The van der Waals surface area contributed by atoms with E-state index in [4.69, 9.17) is 12.2 Å². The number of nitrogens with zero attached hydrogens (tertiary/aromatic N) is 3. The highest BCUT2D eigenvalue weighted by atomic mass is 32.1. The van der Waals surface area contributed by atoms with Crippen LogP contribution in [0.25, 0.3) is 0 Å². The second kappa shape index (κ2) is 8.79. The van der Waals surface area contributed by atoms with Crippen LogP contribution in [0.2, 0.25) is 0 Å². The molecule has 1 N–H and O–H groups in total. The minimum absolute atomic E-state index is 0.0374. The smallest absolute Gasteiger partial charge is 0.269 e. The van der Waals surface area contributed by atoms with E-state index in [0.717, 1.165) is 5.56 Å². The maximum atomic E-state index is 12.6. The molecule has 28 heavy (non-hydrogen) atoms. The van der Waals surface area contributed by atoms with Gasteiger partial charge in [0, 0.05) is 43.5 Å². The van der Waals surface area contributed by atoms with Gasteiger partial charge in [0.05, 0.1) is 11.3 Å². The Hall–Kier alpha value is -3.00. The Morgan fingerprint density at radius 1 is 1.18 bits per heavy atom. The number of nitro benzene ring substituents is 1. The van der Waals surface area contributed by atoms with Crippen LogP contribution in [0.1, 0.15) is 12.5 Å². The van der Waals surface area contributed by atoms with Crippen molar-refractivity contribution in [1.29, 1.82) is 0 Å². The second-order valence-corrected chi connectivity index (χ2v) is 7.17. The Bertz CT molecular complexity index is 858. The summed E-state index contributed by atoms with van der Waals surface area (Å²) in [5, 5.41) is 14.4. The molecule has 2 aromatic rings. The number of amides is 1. The number of nitrogens with one attached hydrogen (secondary N) is 1. The summed E-state index contributed by atoms with van der Waals surface area (Å²) in [6, 6.07) is 15.9. The van der Waals surface area contributed by atoms with Crippen LogP contribution in [0, 0.1) is 10.1 Å². The molecular weight excluding hydrogens is 376 g/mol. The first-order chi connectivity index (χ1) is 13.4. The van der Waals surface area contributed by atoms with Crippen molar-refractivity contribution in [2.45, 2.75) is 19.4 Å². The molecule has 1 aliphatic rings. The van der Waals surface area contributed by atoms with Gasteiger partial charge in [0.15, 0.2) is 5.11 Å². The van der Waals surface area contributed by atoms with Gasteiger partial charge in [-0.05, 0) is 36.8 Å². The van der Waals surface area contributed by atoms with Crippen LogP contribution in [0.4, 0.5) is 11.4 Å². The molecule has 0 saturated carbocycles. The van der Waals surface area contributed by atoms with Gasteiger partial charge in [0.25, 0.3) is 5.69 Å². The van der Waals surface area contributed by atoms with Crippen LogP contribution in [-0.2, 0) is 11.2 Å². The number of anilines is 1. The van der Waals surface area contributed by atoms with Crippen LogP contribution < -0.4 is 5.32 Å². The fourth-order valence-electron chi connectivity index (χ4n) is 3.23. The summed E-state index contributed by atoms with van der Waals surface area (Å²) in [6.07, 6.45) is 0.402. The number of carbonyl (C=O) groups excluding carboxylic acids is 1.